The Kier molecular flexibility index (Phi) is 4.96. The van der Waals surface area contributed by atoms with Crippen LogP contribution in [0.2, 0.25) is 0 Å². The molecule has 108 valence electrons. The summed E-state index contributed by atoms with van der Waals surface area (Å²) < 4.78 is 0. The predicted molar refractivity (Wildman–Crippen MR) is 75.0 cm³/mol. The van der Waals surface area contributed by atoms with Gasteiger partial charge in [0.2, 0.25) is 5.91 Å². The van der Waals surface area contributed by atoms with Gasteiger partial charge in [-0.3, -0.25) is 9.59 Å². The molecule has 1 aliphatic heterocycles. The van der Waals surface area contributed by atoms with E-state index in [1.54, 1.807) is 4.90 Å². The van der Waals surface area contributed by atoms with E-state index in [-0.39, 0.29) is 29.8 Å². The summed E-state index contributed by atoms with van der Waals surface area (Å²) in [6.45, 7) is 1.31. The number of amides is 2. The second kappa shape index (κ2) is 6.71. The van der Waals surface area contributed by atoms with Crippen LogP contribution in [-0.2, 0) is 11.3 Å². The number of carbonyl (C=O) groups is 3. The van der Waals surface area contributed by atoms with Gasteiger partial charge >= 0.3 is 5.97 Å². The summed E-state index contributed by atoms with van der Waals surface area (Å²) in [6.07, 6.45) is 0.240. The van der Waals surface area contributed by atoms with Crippen LogP contribution < -0.4 is 5.32 Å². The number of nitrogens with zero attached hydrogens (tertiary/aromatic N) is 2. The van der Waals surface area contributed by atoms with Gasteiger partial charge in [-0.15, -0.1) is 11.3 Å². The number of aromatic carboxylic acids is 1. The summed E-state index contributed by atoms with van der Waals surface area (Å²) >= 11 is 2.45. The first-order valence-corrected chi connectivity index (χ1v) is 7.79. The third-order valence-electron chi connectivity index (χ3n) is 2.66. The highest BCUT2D eigenvalue weighted by Gasteiger charge is 2.21. The van der Waals surface area contributed by atoms with E-state index >= 15 is 0 Å². The van der Waals surface area contributed by atoms with Gasteiger partial charge in [0.05, 0.1) is 6.54 Å². The minimum Gasteiger partial charge on any atom is -0.476 e. The Bertz CT molecular complexity index is 531. The Morgan fingerprint density at radius 1 is 1.50 bits per heavy atom. The lowest BCUT2D eigenvalue weighted by Crippen LogP contribution is -2.30. The molecule has 0 atom stereocenters. The van der Waals surface area contributed by atoms with Gasteiger partial charge in [0, 0.05) is 30.6 Å². The van der Waals surface area contributed by atoms with Crippen molar-refractivity contribution in [2.75, 3.05) is 18.8 Å². The molecule has 0 radical (unpaired) electrons. The van der Waals surface area contributed by atoms with Crippen LogP contribution in [-0.4, -0.2) is 50.9 Å². The van der Waals surface area contributed by atoms with E-state index in [1.165, 1.54) is 28.5 Å². The number of aromatic nitrogens is 1. The first-order valence-electron chi connectivity index (χ1n) is 5.92. The van der Waals surface area contributed by atoms with Crippen molar-refractivity contribution in [1.82, 2.24) is 15.2 Å². The summed E-state index contributed by atoms with van der Waals surface area (Å²) in [4.78, 5) is 39.1. The SMILES string of the molecule is O=C(CCN1CCSC1=O)NCc1nc(C(=O)O)cs1. The molecule has 0 aliphatic carbocycles. The fourth-order valence-electron chi connectivity index (χ4n) is 1.62. The van der Waals surface area contributed by atoms with Crippen LogP contribution in [0, 0.1) is 0 Å². The fourth-order valence-corrected chi connectivity index (χ4v) is 3.18. The Balaban J connectivity index is 1.71. The van der Waals surface area contributed by atoms with Crippen LogP contribution in [0.15, 0.2) is 5.38 Å². The van der Waals surface area contributed by atoms with Crippen LogP contribution >= 0.6 is 23.1 Å². The number of thioether (sulfide) groups is 1. The zero-order chi connectivity index (χ0) is 14.5. The van der Waals surface area contributed by atoms with Crippen LogP contribution in [0.1, 0.15) is 21.9 Å². The highest BCUT2D eigenvalue weighted by atomic mass is 32.2. The number of carboxylic acids is 1. The molecular weight excluding hydrogens is 302 g/mol. The molecular formula is C11H13N3O4S2. The van der Waals surface area contributed by atoms with Crippen molar-refractivity contribution in [1.29, 1.82) is 0 Å². The number of hydrogen-bond donors (Lipinski definition) is 2. The van der Waals surface area contributed by atoms with E-state index in [1.807, 2.05) is 0 Å². The van der Waals surface area contributed by atoms with Gasteiger partial charge in [-0.25, -0.2) is 9.78 Å². The van der Waals surface area contributed by atoms with Crippen LogP contribution in [0.25, 0.3) is 0 Å². The van der Waals surface area contributed by atoms with Gasteiger partial charge in [0.15, 0.2) is 5.69 Å². The normalized spacial score (nSPS) is 14.6. The average Bonchev–Trinajstić information content (AvgIpc) is 3.03. The minimum atomic E-state index is -1.08. The van der Waals surface area contributed by atoms with E-state index in [4.69, 9.17) is 5.11 Å². The zero-order valence-electron chi connectivity index (χ0n) is 10.5. The maximum atomic E-state index is 11.6. The van der Waals surface area contributed by atoms with E-state index in [2.05, 4.69) is 10.3 Å². The Morgan fingerprint density at radius 3 is 2.90 bits per heavy atom. The van der Waals surface area contributed by atoms with E-state index < -0.39 is 5.97 Å². The van der Waals surface area contributed by atoms with E-state index in [9.17, 15) is 14.4 Å². The van der Waals surface area contributed by atoms with Crippen LogP contribution in [0.4, 0.5) is 4.79 Å². The molecule has 0 unspecified atom stereocenters. The number of hydrogen-bond acceptors (Lipinski definition) is 6. The number of rotatable bonds is 6. The monoisotopic (exact) mass is 315 g/mol. The van der Waals surface area contributed by atoms with Gasteiger partial charge in [-0.2, -0.15) is 0 Å². The van der Waals surface area contributed by atoms with Gasteiger partial charge in [-0.05, 0) is 0 Å². The van der Waals surface area contributed by atoms with Gasteiger partial charge in [0.1, 0.15) is 5.01 Å². The Labute approximate surface area is 123 Å². The maximum absolute atomic E-state index is 11.6. The average molecular weight is 315 g/mol. The third-order valence-corrected chi connectivity index (χ3v) is 4.40. The lowest BCUT2D eigenvalue weighted by molar-refractivity contribution is -0.121. The minimum absolute atomic E-state index is 0.0149. The molecule has 1 saturated heterocycles. The molecule has 2 heterocycles. The quantitative estimate of drug-likeness (QED) is 0.813. The first kappa shape index (κ1) is 14.8. The Hall–Kier alpha value is -1.61. The van der Waals surface area contributed by atoms with Crippen LogP contribution in [0.5, 0.6) is 0 Å². The van der Waals surface area contributed by atoms with Gasteiger partial charge in [-0.1, -0.05) is 11.8 Å². The molecule has 1 aromatic rings. The zero-order valence-corrected chi connectivity index (χ0v) is 12.1. The molecule has 0 bridgehead atoms. The predicted octanol–water partition coefficient (Wildman–Crippen LogP) is 1.02. The third kappa shape index (κ3) is 3.94. The van der Waals surface area contributed by atoms with Crippen molar-refractivity contribution in [3.05, 3.63) is 16.1 Å². The van der Waals surface area contributed by atoms with E-state index in [0.29, 0.717) is 18.1 Å². The molecule has 1 aliphatic rings. The highest BCUT2D eigenvalue weighted by molar-refractivity contribution is 8.13. The lowest BCUT2D eigenvalue weighted by Gasteiger charge is -2.13. The maximum Gasteiger partial charge on any atom is 0.355 e. The summed E-state index contributed by atoms with van der Waals surface area (Å²) in [7, 11) is 0. The standard InChI is InChI=1S/C11H13N3O4S2/c15-8(1-2-14-3-4-19-11(14)18)12-5-9-13-7(6-20-9)10(16)17/h6H,1-5H2,(H,12,15)(H,16,17). The highest BCUT2D eigenvalue weighted by Crippen LogP contribution is 2.17. The second-order valence-electron chi connectivity index (χ2n) is 4.06. The molecule has 0 saturated carbocycles. The number of carboxylic acid groups (broad SMARTS) is 1. The number of nitrogens with one attached hydrogen (secondary N) is 1. The summed E-state index contributed by atoms with van der Waals surface area (Å²) in [5.74, 6) is -0.483. The number of carbonyl (C=O) groups excluding carboxylic acids is 2. The number of thiazole rings is 1. The topological polar surface area (TPSA) is 99.6 Å². The van der Waals surface area contributed by atoms with Gasteiger partial charge < -0.3 is 15.3 Å². The summed E-state index contributed by atoms with van der Waals surface area (Å²) in [6, 6.07) is 0. The molecule has 9 heteroatoms. The van der Waals surface area contributed by atoms with Crippen LogP contribution in [0.3, 0.4) is 0 Å². The van der Waals surface area contributed by atoms with Crippen molar-refractivity contribution in [2.45, 2.75) is 13.0 Å². The van der Waals surface area contributed by atoms with Crippen molar-refractivity contribution < 1.29 is 19.5 Å². The molecule has 2 rings (SSSR count). The van der Waals surface area contributed by atoms with Gasteiger partial charge in [0.25, 0.3) is 5.24 Å². The van der Waals surface area contributed by atoms with Crippen molar-refractivity contribution in [3.63, 3.8) is 0 Å². The summed E-state index contributed by atoms with van der Waals surface area (Å²) in [5.41, 5.74) is -0.0149. The largest absolute Gasteiger partial charge is 0.476 e. The van der Waals surface area contributed by atoms with Crippen molar-refractivity contribution in [3.8, 4) is 0 Å². The molecule has 20 heavy (non-hydrogen) atoms. The molecule has 0 aromatic carbocycles. The van der Waals surface area contributed by atoms with E-state index in [0.717, 1.165) is 5.75 Å². The lowest BCUT2D eigenvalue weighted by atomic mass is 10.3. The van der Waals surface area contributed by atoms with Crippen molar-refractivity contribution >= 4 is 40.2 Å². The first-order chi connectivity index (χ1) is 9.56. The molecule has 1 aromatic heterocycles. The smallest absolute Gasteiger partial charge is 0.355 e. The summed E-state index contributed by atoms with van der Waals surface area (Å²) in [5, 5.41) is 13.4. The van der Waals surface area contributed by atoms with Crippen molar-refractivity contribution in [2.24, 2.45) is 0 Å². The fraction of sp³-hybridized carbons (Fsp3) is 0.455. The molecule has 2 amide bonds. The molecule has 7 nitrogen and oxygen atoms in total. The second-order valence-corrected chi connectivity index (χ2v) is 6.05. The Morgan fingerprint density at radius 2 is 2.30 bits per heavy atom. The molecule has 2 N–H and O–H groups in total. The molecule has 1 fully saturated rings. The molecule has 0 spiro atoms.